The van der Waals surface area contributed by atoms with Crippen LogP contribution in [0.15, 0.2) is 97.1 Å². The molecule has 36 heavy (non-hydrogen) atoms. The standard InChI is InChI=1S/C32H34BNO2/c1-31(2)30(35)29(33(36)32(31,3)4)24-17-15-23(16-18-24)27-25(21-11-7-5-8-12-21)19-20-26(34)28(27)22-13-9-6-10-14-22/h5-20,29-30,35-36H,34H2,1-4H3. The first-order chi connectivity index (χ1) is 17.1. The van der Waals surface area contributed by atoms with E-state index in [4.69, 9.17) is 5.73 Å². The number of aliphatic hydroxyl groups is 1. The molecule has 0 aliphatic carbocycles. The molecule has 4 aromatic rings. The van der Waals surface area contributed by atoms with Gasteiger partial charge < -0.3 is 15.9 Å². The minimum atomic E-state index is -0.638. The molecular formula is C32H34BNO2. The highest BCUT2D eigenvalue weighted by Gasteiger charge is 2.62. The minimum absolute atomic E-state index is 0.341. The van der Waals surface area contributed by atoms with E-state index in [0.717, 1.165) is 44.6 Å². The first-order valence-corrected chi connectivity index (χ1v) is 12.6. The Bertz CT molecular complexity index is 1340. The maximum Gasteiger partial charge on any atom is 0.305 e. The van der Waals surface area contributed by atoms with Crippen LogP contribution in [0.4, 0.5) is 5.69 Å². The van der Waals surface area contributed by atoms with Crippen LogP contribution in [-0.2, 0) is 0 Å². The Balaban J connectivity index is 1.67. The fraction of sp³-hybridized carbons (Fsp3) is 0.250. The summed E-state index contributed by atoms with van der Waals surface area (Å²) in [7, 11) is 0. The third-order valence-electron chi connectivity index (χ3n) is 8.79. The van der Waals surface area contributed by atoms with Crippen molar-refractivity contribution in [2.24, 2.45) is 5.41 Å². The fourth-order valence-corrected chi connectivity index (χ4v) is 5.76. The van der Waals surface area contributed by atoms with E-state index in [1.54, 1.807) is 0 Å². The lowest BCUT2D eigenvalue weighted by Gasteiger charge is -2.37. The van der Waals surface area contributed by atoms with Gasteiger partial charge in [0.1, 0.15) is 0 Å². The van der Waals surface area contributed by atoms with E-state index in [0.29, 0.717) is 0 Å². The van der Waals surface area contributed by atoms with Gasteiger partial charge in [-0.3, -0.25) is 0 Å². The molecule has 3 nitrogen and oxygen atoms in total. The number of anilines is 1. The third kappa shape index (κ3) is 3.76. The smallest absolute Gasteiger partial charge is 0.305 e. The molecule has 1 heterocycles. The van der Waals surface area contributed by atoms with Crippen molar-refractivity contribution in [1.82, 2.24) is 0 Å². The molecule has 4 N–H and O–H groups in total. The molecule has 1 fully saturated rings. The fourth-order valence-electron chi connectivity index (χ4n) is 5.76. The van der Waals surface area contributed by atoms with E-state index in [1.165, 1.54) is 0 Å². The summed E-state index contributed by atoms with van der Waals surface area (Å²) in [4.78, 5) is 0. The van der Waals surface area contributed by atoms with Crippen molar-refractivity contribution in [3.05, 3.63) is 103 Å². The molecule has 4 heteroatoms. The van der Waals surface area contributed by atoms with Gasteiger partial charge in [-0.15, -0.1) is 0 Å². The molecule has 0 amide bonds. The van der Waals surface area contributed by atoms with Crippen molar-refractivity contribution in [3.8, 4) is 33.4 Å². The number of hydrogen-bond donors (Lipinski definition) is 3. The number of aliphatic hydroxyl groups excluding tert-OH is 1. The number of rotatable bonds is 4. The monoisotopic (exact) mass is 475 g/mol. The highest BCUT2D eigenvalue weighted by Crippen LogP contribution is 2.60. The Morgan fingerprint density at radius 2 is 1.19 bits per heavy atom. The third-order valence-corrected chi connectivity index (χ3v) is 8.79. The summed E-state index contributed by atoms with van der Waals surface area (Å²) in [6.45, 7) is 7.53. The Morgan fingerprint density at radius 1 is 0.667 bits per heavy atom. The van der Waals surface area contributed by atoms with Gasteiger partial charge in [0.25, 0.3) is 0 Å². The topological polar surface area (TPSA) is 66.5 Å². The van der Waals surface area contributed by atoms with Crippen molar-refractivity contribution in [1.29, 1.82) is 0 Å². The lowest BCUT2D eigenvalue weighted by Crippen LogP contribution is -2.34. The highest BCUT2D eigenvalue weighted by atomic mass is 16.3. The molecule has 1 aliphatic rings. The summed E-state index contributed by atoms with van der Waals surface area (Å²) in [6.07, 6.45) is -0.638. The number of hydrogen-bond acceptors (Lipinski definition) is 3. The van der Waals surface area contributed by atoms with Gasteiger partial charge in [-0.25, -0.2) is 0 Å². The normalized spacial score (nSPS) is 20.4. The van der Waals surface area contributed by atoms with Crippen molar-refractivity contribution >= 4 is 12.6 Å². The molecule has 0 radical (unpaired) electrons. The van der Waals surface area contributed by atoms with Gasteiger partial charge in [0.05, 0.1) is 6.10 Å². The van der Waals surface area contributed by atoms with Crippen LogP contribution < -0.4 is 5.73 Å². The first kappa shape index (κ1) is 24.4. The van der Waals surface area contributed by atoms with Gasteiger partial charge >= 0.3 is 6.92 Å². The molecule has 2 atom stereocenters. The lowest BCUT2D eigenvalue weighted by molar-refractivity contribution is 0.0406. The van der Waals surface area contributed by atoms with E-state index in [1.807, 2.05) is 70.2 Å². The van der Waals surface area contributed by atoms with E-state index in [-0.39, 0.29) is 5.82 Å². The van der Waals surface area contributed by atoms with Gasteiger partial charge in [-0.05, 0) is 50.2 Å². The summed E-state index contributed by atoms with van der Waals surface area (Å²) in [5, 5.41) is 22.0. The second-order valence-corrected chi connectivity index (χ2v) is 11.2. The molecule has 1 saturated heterocycles. The second kappa shape index (κ2) is 8.95. The summed E-state index contributed by atoms with van der Waals surface area (Å²) < 4.78 is 0. The molecule has 0 saturated carbocycles. The Morgan fingerprint density at radius 3 is 1.72 bits per heavy atom. The number of nitrogens with two attached hydrogens (primary N) is 1. The minimum Gasteiger partial charge on any atom is -0.449 e. The number of benzene rings is 4. The van der Waals surface area contributed by atoms with E-state index in [2.05, 4.69) is 54.6 Å². The molecule has 2 unspecified atom stereocenters. The van der Waals surface area contributed by atoms with Crippen LogP contribution in [-0.4, -0.2) is 23.2 Å². The van der Waals surface area contributed by atoms with E-state index in [9.17, 15) is 10.1 Å². The van der Waals surface area contributed by atoms with Crippen molar-refractivity contribution < 1.29 is 10.1 Å². The lowest BCUT2D eigenvalue weighted by atomic mass is 9.41. The molecule has 0 bridgehead atoms. The van der Waals surface area contributed by atoms with Crippen LogP contribution in [0.5, 0.6) is 0 Å². The van der Waals surface area contributed by atoms with E-state index < -0.39 is 23.7 Å². The zero-order valence-electron chi connectivity index (χ0n) is 21.4. The Hall–Kier alpha value is -3.34. The van der Waals surface area contributed by atoms with Crippen LogP contribution in [0.2, 0.25) is 5.31 Å². The predicted molar refractivity (Wildman–Crippen MR) is 152 cm³/mol. The molecular weight excluding hydrogens is 441 g/mol. The maximum absolute atomic E-state index is 11.2. The van der Waals surface area contributed by atoms with E-state index >= 15 is 0 Å². The summed E-state index contributed by atoms with van der Waals surface area (Å²) in [5.74, 6) is -0.341. The zero-order valence-corrected chi connectivity index (χ0v) is 21.4. The summed E-state index contributed by atoms with van der Waals surface area (Å²) in [5.41, 5.74) is 14.3. The first-order valence-electron chi connectivity index (χ1n) is 12.6. The molecule has 182 valence electrons. The quantitative estimate of drug-likeness (QED) is 0.219. The van der Waals surface area contributed by atoms with Gasteiger partial charge in [-0.2, -0.15) is 0 Å². The zero-order chi connectivity index (χ0) is 25.7. The van der Waals surface area contributed by atoms with Gasteiger partial charge in [-0.1, -0.05) is 119 Å². The average Bonchev–Trinajstić information content (AvgIpc) is 3.01. The maximum atomic E-state index is 11.2. The van der Waals surface area contributed by atoms with Gasteiger partial charge in [0.2, 0.25) is 0 Å². The van der Waals surface area contributed by atoms with Gasteiger partial charge in [0, 0.05) is 17.1 Å². The SMILES string of the molecule is CC1(C)B(O)C(c2ccc(-c3c(-c4ccccc4)ccc(N)c3-c3ccccc3)cc2)C(O)C1(C)C. The largest absolute Gasteiger partial charge is 0.449 e. The van der Waals surface area contributed by atoms with Crippen molar-refractivity contribution in [3.63, 3.8) is 0 Å². The molecule has 0 spiro atoms. The molecule has 5 rings (SSSR count). The molecule has 4 aromatic carbocycles. The predicted octanol–water partition coefficient (Wildman–Crippen LogP) is 7.06. The van der Waals surface area contributed by atoms with Crippen molar-refractivity contribution in [2.75, 3.05) is 5.73 Å². The van der Waals surface area contributed by atoms with Crippen LogP contribution in [0.1, 0.15) is 39.1 Å². The summed E-state index contributed by atoms with van der Waals surface area (Å²) in [6, 6.07) is 33.0. The second-order valence-electron chi connectivity index (χ2n) is 11.2. The Labute approximate surface area is 214 Å². The van der Waals surface area contributed by atoms with Crippen LogP contribution in [0.3, 0.4) is 0 Å². The van der Waals surface area contributed by atoms with Crippen molar-refractivity contribution in [2.45, 2.75) is 44.9 Å². The van der Waals surface area contributed by atoms with Crippen LogP contribution in [0, 0.1) is 5.41 Å². The Kier molecular flexibility index (Phi) is 6.06. The average molecular weight is 475 g/mol. The molecule has 0 aromatic heterocycles. The van der Waals surface area contributed by atoms with Crippen LogP contribution >= 0.6 is 0 Å². The summed E-state index contributed by atoms with van der Waals surface area (Å²) >= 11 is 0. The highest BCUT2D eigenvalue weighted by molar-refractivity contribution is 6.57. The number of nitrogen functional groups attached to an aromatic ring is 1. The van der Waals surface area contributed by atoms with Crippen LogP contribution in [0.25, 0.3) is 33.4 Å². The van der Waals surface area contributed by atoms with Gasteiger partial charge in [0.15, 0.2) is 0 Å². The molecule has 1 aliphatic heterocycles.